The fourth-order valence-corrected chi connectivity index (χ4v) is 1.79. The molecule has 22 heavy (non-hydrogen) atoms. The lowest BCUT2D eigenvalue weighted by Gasteiger charge is -1.96. The summed E-state index contributed by atoms with van der Waals surface area (Å²) in [6.45, 7) is 2.12. The Balaban J connectivity index is 2.13. The van der Waals surface area contributed by atoms with Gasteiger partial charge in [-0.3, -0.25) is 9.59 Å². The maximum atomic E-state index is 11.6. The molecule has 0 aliphatic carbocycles. The van der Waals surface area contributed by atoms with Gasteiger partial charge in [0.15, 0.2) is 12.7 Å². The summed E-state index contributed by atoms with van der Waals surface area (Å²) < 4.78 is 11.6. The van der Waals surface area contributed by atoms with Crippen molar-refractivity contribution in [3.05, 3.63) is 29.9 Å². The van der Waals surface area contributed by atoms with Crippen molar-refractivity contribution in [1.82, 2.24) is 15.4 Å². The van der Waals surface area contributed by atoms with Crippen molar-refractivity contribution in [3.8, 4) is 11.5 Å². The van der Waals surface area contributed by atoms with E-state index >= 15 is 0 Å². The second kappa shape index (κ2) is 6.79. The quantitative estimate of drug-likeness (QED) is 0.628. The number of nitrogens with zero attached hydrogens (tertiary/aromatic N) is 3. The molecule has 0 aromatic carbocycles. The molecule has 1 amide bonds. The first-order chi connectivity index (χ1) is 10.5. The molecule has 0 fully saturated rings. The lowest BCUT2D eigenvalue weighted by atomic mass is 10.3. The third kappa shape index (κ3) is 3.46. The van der Waals surface area contributed by atoms with Crippen LogP contribution < -0.4 is 10.00 Å². The molecule has 116 valence electrons. The third-order valence-electron chi connectivity index (χ3n) is 3.02. The number of aryl methyl sites for hydroxylation is 2. The number of carbonyl (C=O) groups is 2. The summed E-state index contributed by atoms with van der Waals surface area (Å²) in [6.07, 6.45) is 3.51. The van der Waals surface area contributed by atoms with Crippen LogP contribution in [0.5, 0.6) is 0 Å². The second-order valence-electron chi connectivity index (χ2n) is 4.52. The summed E-state index contributed by atoms with van der Waals surface area (Å²) in [5.41, 5.74) is 1.16. The van der Waals surface area contributed by atoms with Gasteiger partial charge >= 0.3 is 5.97 Å². The first-order valence-corrected chi connectivity index (χ1v) is 6.67. The standard InChI is InChI=1S/C14H16N4O4/c1-9-12(13(20)15-2)22-14(17-9)10-4-6-18(16-8-10)7-5-11(19)21-3/h4,6,8H,5,7H2,1-3H3/p+1. The molecule has 2 rings (SSSR count). The van der Waals surface area contributed by atoms with Gasteiger partial charge in [-0.2, -0.15) is 0 Å². The number of ether oxygens (including phenoxy) is 1. The molecule has 0 bridgehead atoms. The molecule has 1 N–H and O–H groups in total. The van der Waals surface area contributed by atoms with Crippen molar-refractivity contribution in [2.45, 2.75) is 19.9 Å². The van der Waals surface area contributed by atoms with Gasteiger partial charge in [-0.15, -0.1) is 0 Å². The van der Waals surface area contributed by atoms with Crippen molar-refractivity contribution in [3.63, 3.8) is 0 Å². The zero-order valence-corrected chi connectivity index (χ0v) is 12.6. The van der Waals surface area contributed by atoms with Crippen LogP contribution in [0.1, 0.15) is 22.7 Å². The summed E-state index contributed by atoms with van der Waals surface area (Å²) in [4.78, 5) is 26.9. The van der Waals surface area contributed by atoms with E-state index in [2.05, 4.69) is 20.1 Å². The molecule has 0 unspecified atom stereocenters. The predicted molar refractivity (Wildman–Crippen MR) is 74.7 cm³/mol. The minimum Gasteiger partial charge on any atom is -0.469 e. The second-order valence-corrected chi connectivity index (χ2v) is 4.52. The van der Waals surface area contributed by atoms with Crippen LogP contribution in [0.15, 0.2) is 22.9 Å². The van der Waals surface area contributed by atoms with Gasteiger partial charge in [0.1, 0.15) is 12.6 Å². The monoisotopic (exact) mass is 305 g/mol. The normalized spacial score (nSPS) is 10.3. The maximum Gasteiger partial charge on any atom is 0.312 e. The van der Waals surface area contributed by atoms with E-state index in [9.17, 15) is 9.59 Å². The molecule has 0 aliphatic heterocycles. The summed E-state index contributed by atoms with van der Waals surface area (Å²) in [6, 6.07) is 1.75. The first-order valence-electron chi connectivity index (χ1n) is 6.67. The Bertz CT molecular complexity index is 679. The summed E-state index contributed by atoms with van der Waals surface area (Å²) in [5, 5.41) is 6.67. The zero-order valence-electron chi connectivity index (χ0n) is 12.6. The summed E-state index contributed by atoms with van der Waals surface area (Å²) in [7, 11) is 2.87. The van der Waals surface area contributed by atoms with Crippen molar-refractivity contribution >= 4 is 11.9 Å². The molecule has 8 heteroatoms. The Morgan fingerprint density at radius 2 is 2.23 bits per heavy atom. The van der Waals surface area contributed by atoms with Gasteiger partial charge < -0.3 is 14.5 Å². The number of methoxy groups -OCH3 is 1. The van der Waals surface area contributed by atoms with E-state index in [1.54, 1.807) is 30.1 Å². The Kier molecular flexibility index (Phi) is 4.82. The first kappa shape index (κ1) is 15.6. The van der Waals surface area contributed by atoms with Crippen molar-refractivity contribution in [1.29, 1.82) is 0 Å². The van der Waals surface area contributed by atoms with Gasteiger partial charge in [0.05, 0.1) is 18.4 Å². The van der Waals surface area contributed by atoms with Crippen LogP contribution in [0, 0.1) is 6.92 Å². The highest BCUT2D eigenvalue weighted by molar-refractivity contribution is 5.92. The van der Waals surface area contributed by atoms with Crippen LogP contribution in [-0.2, 0) is 16.1 Å². The number of carbonyl (C=O) groups excluding carboxylic acids is 2. The number of hydrogen-bond donors (Lipinski definition) is 1. The molecule has 2 heterocycles. The number of hydrogen-bond acceptors (Lipinski definition) is 6. The number of rotatable bonds is 5. The van der Waals surface area contributed by atoms with Gasteiger partial charge in [-0.05, 0) is 12.0 Å². The minimum atomic E-state index is -0.326. The van der Waals surface area contributed by atoms with Crippen LogP contribution in [0.4, 0.5) is 0 Å². The molecule has 0 aliphatic rings. The molecule has 0 radical (unpaired) electrons. The van der Waals surface area contributed by atoms with Crippen LogP contribution in [0.2, 0.25) is 0 Å². The number of esters is 1. The lowest BCUT2D eigenvalue weighted by molar-refractivity contribution is -0.752. The highest BCUT2D eigenvalue weighted by Gasteiger charge is 2.18. The molecular formula is C14H17N4O4+. The summed E-state index contributed by atoms with van der Waals surface area (Å²) >= 11 is 0. The van der Waals surface area contributed by atoms with Crippen LogP contribution in [0.25, 0.3) is 11.5 Å². The van der Waals surface area contributed by atoms with E-state index in [0.717, 1.165) is 0 Å². The van der Waals surface area contributed by atoms with Crippen LogP contribution in [-0.4, -0.2) is 36.1 Å². The minimum absolute atomic E-state index is 0.180. The molecule has 0 saturated heterocycles. The highest BCUT2D eigenvalue weighted by atomic mass is 16.5. The van der Waals surface area contributed by atoms with Gasteiger partial charge in [0.25, 0.3) is 5.91 Å². The topological polar surface area (TPSA) is 98.2 Å². The molecule has 8 nitrogen and oxygen atoms in total. The van der Waals surface area contributed by atoms with Crippen LogP contribution >= 0.6 is 0 Å². The molecule has 2 aromatic rings. The Morgan fingerprint density at radius 3 is 2.82 bits per heavy atom. The van der Waals surface area contributed by atoms with Crippen molar-refractivity contribution < 1.29 is 23.4 Å². The molecule has 0 atom stereocenters. The van der Waals surface area contributed by atoms with Gasteiger partial charge in [-0.1, -0.05) is 4.68 Å². The fourth-order valence-electron chi connectivity index (χ4n) is 1.79. The van der Waals surface area contributed by atoms with E-state index in [1.807, 2.05) is 0 Å². The number of amides is 1. The van der Waals surface area contributed by atoms with Gasteiger partial charge in [-0.25, -0.2) is 4.98 Å². The van der Waals surface area contributed by atoms with E-state index in [0.29, 0.717) is 23.7 Å². The van der Waals surface area contributed by atoms with E-state index in [1.165, 1.54) is 14.2 Å². The molecule has 0 saturated carbocycles. The zero-order chi connectivity index (χ0) is 16.1. The molecule has 0 spiro atoms. The maximum absolute atomic E-state index is 11.6. The number of aromatic nitrogens is 3. The molecular weight excluding hydrogens is 288 g/mol. The summed E-state index contributed by atoms with van der Waals surface area (Å²) in [5.74, 6) is -0.117. The van der Waals surface area contributed by atoms with E-state index in [-0.39, 0.29) is 24.1 Å². The average Bonchev–Trinajstić information content (AvgIpc) is 2.94. The predicted octanol–water partition coefficient (Wildman–Crippen LogP) is 0.255. The Hall–Kier alpha value is -2.77. The Morgan fingerprint density at radius 1 is 1.45 bits per heavy atom. The third-order valence-corrected chi connectivity index (χ3v) is 3.02. The number of nitrogens with one attached hydrogen (secondary N) is 1. The fraction of sp³-hybridized carbons (Fsp3) is 0.357. The number of oxazole rings is 1. The van der Waals surface area contributed by atoms with Gasteiger partial charge in [0.2, 0.25) is 11.7 Å². The van der Waals surface area contributed by atoms with E-state index < -0.39 is 0 Å². The van der Waals surface area contributed by atoms with Crippen molar-refractivity contribution in [2.75, 3.05) is 14.2 Å². The highest BCUT2D eigenvalue weighted by Crippen LogP contribution is 2.20. The Labute approximate surface area is 127 Å². The SMILES string of the molecule is CNC(=O)c1oc(-c2cc[n+](CCC(=O)OC)nc2)nc1C. The van der Waals surface area contributed by atoms with Crippen molar-refractivity contribution in [2.24, 2.45) is 0 Å². The average molecular weight is 305 g/mol. The lowest BCUT2D eigenvalue weighted by Crippen LogP contribution is -2.38. The van der Waals surface area contributed by atoms with Gasteiger partial charge in [0, 0.05) is 13.1 Å². The van der Waals surface area contributed by atoms with E-state index in [4.69, 9.17) is 4.42 Å². The molecule has 2 aromatic heterocycles. The largest absolute Gasteiger partial charge is 0.469 e. The van der Waals surface area contributed by atoms with Crippen LogP contribution in [0.3, 0.4) is 0 Å². The smallest absolute Gasteiger partial charge is 0.312 e.